The van der Waals surface area contributed by atoms with E-state index in [1.165, 1.54) is 40.8 Å². The van der Waals surface area contributed by atoms with Gasteiger partial charge in [0.1, 0.15) is 0 Å². The van der Waals surface area contributed by atoms with Crippen LogP contribution < -0.4 is 5.32 Å². The highest BCUT2D eigenvalue weighted by molar-refractivity contribution is 5.53. The van der Waals surface area contributed by atoms with Crippen molar-refractivity contribution in [3.63, 3.8) is 0 Å². The van der Waals surface area contributed by atoms with E-state index in [9.17, 15) is 0 Å². The van der Waals surface area contributed by atoms with Gasteiger partial charge in [0.2, 0.25) is 0 Å². The van der Waals surface area contributed by atoms with Crippen LogP contribution in [0, 0.1) is 20.8 Å². The zero-order chi connectivity index (χ0) is 14.1. The van der Waals surface area contributed by atoms with E-state index in [0.29, 0.717) is 6.04 Å². The molecule has 1 saturated carbocycles. The maximum atomic E-state index is 3.68. The van der Waals surface area contributed by atoms with Gasteiger partial charge in [-0.25, -0.2) is 0 Å². The van der Waals surface area contributed by atoms with Gasteiger partial charge in [-0.05, 0) is 56.7 Å². The number of aryl methyl sites for hydroxylation is 3. The van der Waals surface area contributed by atoms with Crippen molar-refractivity contribution in [1.29, 1.82) is 0 Å². The predicted octanol–water partition coefficient (Wildman–Crippen LogP) is 4.97. The quantitative estimate of drug-likeness (QED) is 0.826. The SMILES string of the molecule is Cc1ccc(C2CC(Nc3ccc(C)cc3C)C2)cc1. The molecule has 0 aromatic heterocycles. The molecule has 0 saturated heterocycles. The summed E-state index contributed by atoms with van der Waals surface area (Å²) >= 11 is 0. The Morgan fingerprint density at radius 3 is 2.15 bits per heavy atom. The highest BCUT2D eigenvalue weighted by Crippen LogP contribution is 2.38. The Kier molecular flexibility index (Phi) is 3.52. The van der Waals surface area contributed by atoms with Crippen molar-refractivity contribution in [3.05, 3.63) is 64.7 Å². The Bertz CT molecular complexity index is 592. The monoisotopic (exact) mass is 265 g/mol. The molecule has 3 rings (SSSR count). The van der Waals surface area contributed by atoms with Gasteiger partial charge in [0.05, 0.1) is 0 Å². The minimum Gasteiger partial charge on any atom is -0.382 e. The van der Waals surface area contributed by atoms with Crippen molar-refractivity contribution < 1.29 is 0 Å². The van der Waals surface area contributed by atoms with E-state index in [1.54, 1.807) is 0 Å². The van der Waals surface area contributed by atoms with E-state index < -0.39 is 0 Å². The lowest BCUT2D eigenvalue weighted by Gasteiger charge is -2.37. The second kappa shape index (κ2) is 5.32. The van der Waals surface area contributed by atoms with E-state index in [0.717, 1.165) is 5.92 Å². The summed E-state index contributed by atoms with van der Waals surface area (Å²) in [6.45, 7) is 6.48. The molecule has 1 aliphatic rings. The fourth-order valence-electron chi connectivity index (χ4n) is 3.04. The first-order valence-electron chi connectivity index (χ1n) is 7.52. The number of anilines is 1. The lowest BCUT2D eigenvalue weighted by atomic mass is 9.75. The first-order valence-corrected chi connectivity index (χ1v) is 7.52. The van der Waals surface area contributed by atoms with E-state index in [2.05, 4.69) is 68.6 Å². The van der Waals surface area contributed by atoms with E-state index >= 15 is 0 Å². The molecule has 1 heteroatoms. The summed E-state index contributed by atoms with van der Waals surface area (Å²) in [7, 11) is 0. The molecule has 0 radical (unpaired) electrons. The summed E-state index contributed by atoms with van der Waals surface area (Å²) < 4.78 is 0. The van der Waals surface area contributed by atoms with E-state index in [1.807, 2.05) is 0 Å². The maximum absolute atomic E-state index is 3.68. The molecule has 0 heterocycles. The third-order valence-corrected chi connectivity index (χ3v) is 4.43. The van der Waals surface area contributed by atoms with Crippen LogP contribution in [0.4, 0.5) is 5.69 Å². The van der Waals surface area contributed by atoms with Crippen LogP contribution in [0.3, 0.4) is 0 Å². The molecule has 0 unspecified atom stereocenters. The normalized spacial score (nSPS) is 21.4. The first kappa shape index (κ1) is 13.2. The third-order valence-electron chi connectivity index (χ3n) is 4.43. The van der Waals surface area contributed by atoms with Crippen molar-refractivity contribution in [3.8, 4) is 0 Å². The Morgan fingerprint density at radius 2 is 1.50 bits per heavy atom. The van der Waals surface area contributed by atoms with Gasteiger partial charge < -0.3 is 5.32 Å². The average Bonchev–Trinajstić information content (AvgIpc) is 2.37. The van der Waals surface area contributed by atoms with Crippen LogP contribution in [-0.2, 0) is 0 Å². The van der Waals surface area contributed by atoms with Crippen LogP contribution in [0.5, 0.6) is 0 Å². The van der Waals surface area contributed by atoms with Gasteiger partial charge in [0.15, 0.2) is 0 Å². The minimum absolute atomic E-state index is 0.628. The Labute approximate surface area is 122 Å². The Balaban J connectivity index is 1.59. The van der Waals surface area contributed by atoms with Gasteiger partial charge >= 0.3 is 0 Å². The largest absolute Gasteiger partial charge is 0.382 e. The Hall–Kier alpha value is -1.76. The lowest BCUT2D eigenvalue weighted by molar-refractivity contribution is 0.374. The van der Waals surface area contributed by atoms with Crippen LogP contribution in [0.2, 0.25) is 0 Å². The standard InChI is InChI=1S/C19H23N/c1-13-4-7-16(8-5-13)17-11-18(12-17)20-19-9-6-14(2)10-15(19)3/h4-10,17-18,20H,11-12H2,1-3H3. The minimum atomic E-state index is 0.628. The van der Waals surface area contributed by atoms with Crippen molar-refractivity contribution in [1.82, 2.24) is 0 Å². The van der Waals surface area contributed by atoms with Crippen LogP contribution in [0.1, 0.15) is 41.0 Å². The zero-order valence-electron chi connectivity index (χ0n) is 12.6. The molecule has 20 heavy (non-hydrogen) atoms. The molecular formula is C19H23N. The summed E-state index contributed by atoms with van der Waals surface area (Å²) in [6.07, 6.45) is 2.49. The number of rotatable bonds is 3. The topological polar surface area (TPSA) is 12.0 Å². The molecule has 0 bridgehead atoms. The zero-order valence-corrected chi connectivity index (χ0v) is 12.6. The van der Waals surface area contributed by atoms with Gasteiger partial charge in [-0.15, -0.1) is 0 Å². The molecule has 0 amide bonds. The number of benzene rings is 2. The summed E-state index contributed by atoms with van der Waals surface area (Å²) in [4.78, 5) is 0. The molecule has 2 aromatic carbocycles. The second-order valence-corrected chi connectivity index (χ2v) is 6.24. The predicted molar refractivity (Wildman–Crippen MR) is 86.5 cm³/mol. The summed E-state index contributed by atoms with van der Waals surface area (Å²) in [5.41, 5.74) is 6.82. The van der Waals surface area contributed by atoms with Crippen LogP contribution in [0.25, 0.3) is 0 Å². The fraction of sp³-hybridized carbons (Fsp3) is 0.368. The van der Waals surface area contributed by atoms with Gasteiger partial charge in [-0.3, -0.25) is 0 Å². The molecule has 1 nitrogen and oxygen atoms in total. The molecule has 0 spiro atoms. The first-order chi connectivity index (χ1) is 9.61. The molecule has 1 N–H and O–H groups in total. The molecule has 1 fully saturated rings. The summed E-state index contributed by atoms with van der Waals surface area (Å²) in [5.74, 6) is 0.735. The summed E-state index contributed by atoms with van der Waals surface area (Å²) in [5, 5.41) is 3.68. The molecule has 2 aromatic rings. The van der Waals surface area contributed by atoms with Crippen molar-refractivity contribution in [2.45, 2.75) is 45.6 Å². The number of hydrogen-bond acceptors (Lipinski definition) is 1. The van der Waals surface area contributed by atoms with Crippen LogP contribution in [0.15, 0.2) is 42.5 Å². The van der Waals surface area contributed by atoms with Gasteiger partial charge in [0.25, 0.3) is 0 Å². The molecule has 1 aliphatic carbocycles. The van der Waals surface area contributed by atoms with Gasteiger partial charge in [-0.2, -0.15) is 0 Å². The van der Waals surface area contributed by atoms with Crippen LogP contribution >= 0.6 is 0 Å². The molecule has 0 atom stereocenters. The lowest BCUT2D eigenvalue weighted by Crippen LogP contribution is -2.34. The number of hydrogen-bond donors (Lipinski definition) is 1. The highest BCUT2D eigenvalue weighted by Gasteiger charge is 2.30. The molecular weight excluding hydrogens is 242 g/mol. The smallest absolute Gasteiger partial charge is 0.0372 e. The molecule has 0 aliphatic heterocycles. The number of nitrogens with one attached hydrogen (secondary N) is 1. The Morgan fingerprint density at radius 1 is 0.850 bits per heavy atom. The molecule has 104 valence electrons. The van der Waals surface area contributed by atoms with Crippen molar-refractivity contribution in [2.75, 3.05) is 5.32 Å². The summed E-state index contributed by atoms with van der Waals surface area (Å²) in [6, 6.07) is 16.3. The van der Waals surface area contributed by atoms with Gasteiger partial charge in [-0.1, -0.05) is 47.5 Å². The maximum Gasteiger partial charge on any atom is 0.0372 e. The van der Waals surface area contributed by atoms with Crippen molar-refractivity contribution >= 4 is 5.69 Å². The van der Waals surface area contributed by atoms with Gasteiger partial charge in [0, 0.05) is 11.7 Å². The van der Waals surface area contributed by atoms with Crippen molar-refractivity contribution in [2.24, 2.45) is 0 Å². The average molecular weight is 265 g/mol. The van der Waals surface area contributed by atoms with Crippen LogP contribution in [-0.4, -0.2) is 6.04 Å². The van der Waals surface area contributed by atoms with E-state index in [-0.39, 0.29) is 0 Å². The fourth-order valence-corrected chi connectivity index (χ4v) is 3.04. The van der Waals surface area contributed by atoms with E-state index in [4.69, 9.17) is 0 Å². The second-order valence-electron chi connectivity index (χ2n) is 6.24. The highest BCUT2D eigenvalue weighted by atomic mass is 14.9. The third kappa shape index (κ3) is 2.72.